The van der Waals surface area contributed by atoms with Crippen LogP contribution >= 0.6 is 39.1 Å². The number of hydrogen-bond donors (Lipinski definition) is 0. The first kappa shape index (κ1) is 24.3. The third-order valence-corrected chi connectivity index (χ3v) is 6.03. The second-order valence-corrected chi connectivity index (χ2v) is 9.95. The number of fused-ring (bicyclic) bond motifs is 1. The smallest absolute Gasteiger partial charge is 0.331 e. The van der Waals surface area contributed by atoms with E-state index < -0.39 is 11.6 Å². The summed E-state index contributed by atoms with van der Waals surface area (Å²) < 4.78 is 12.2. The van der Waals surface area contributed by atoms with Gasteiger partial charge in [-0.15, -0.1) is 0 Å². The minimum atomic E-state index is -0.586. The second kappa shape index (κ2) is 9.41. The van der Waals surface area contributed by atoms with Crippen molar-refractivity contribution in [3.05, 3.63) is 80.6 Å². The minimum absolute atomic E-state index is 0.159. The third kappa shape index (κ3) is 4.82. The van der Waals surface area contributed by atoms with E-state index >= 15 is 0 Å². The molecule has 174 valence electrons. The standard InChI is InChI=1S/C25H19BrCl2N2O4/c1-25(2,3)33-19(31)11-10-14-6-4-9-18-15(14)12-13-30(18)24(32)21-22(29-34-23(21)26)20-16(27)7-5-8-17(20)28/h4-13H,1-3H3/b11-10+. The van der Waals surface area contributed by atoms with Crippen molar-refractivity contribution in [2.75, 3.05) is 0 Å². The van der Waals surface area contributed by atoms with Crippen LogP contribution in [-0.2, 0) is 9.53 Å². The molecule has 0 saturated carbocycles. The third-order valence-electron chi connectivity index (χ3n) is 4.86. The number of nitrogens with zero attached hydrogens (tertiary/aromatic N) is 2. The number of carbonyl (C=O) groups excluding carboxylic acids is 2. The Balaban J connectivity index is 1.75. The van der Waals surface area contributed by atoms with E-state index in [0.29, 0.717) is 21.1 Å². The van der Waals surface area contributed by atoms with Crippen LogP contribution in [0.3, 0.4) is 0 Å². The van der Waals surface area contributed by atoms with Crippen molar-refractivity contribution >= 4 is 68.0 Å². The first-order chi connectivity index (χ1) is 16.1. The fourth-order valence-corrected chi connectivity index (χ4v) is 4.48. The van der Waals surface area contributed by atoms with Crippen molar-refractivity contribution in [2.24, 2.45) is 0 Å². The molecule has 2 heterocycles. The zero-order valence-electron chi connectivity index (χ0n) is 18.4. The van der Waals surface area contributed by atoms with Crippen LogP contribution in [0.4, 0.5) is 0 Å². The summed E-state index contributed by atoms with van der Waals surface area (Å²) in [5.74, 6) is -0.836. The maximum Gasteiger partial charge on any atom is 0.331 e. The molecule has 0 N–H and O–H groups in total. The number of rotatable bonds is 4. The first-order valence-corrected chi connectivity index (χ1v) is 11.8. The lowest BCUT2D eigenvalue weighted by Gasteiger charge is -2.17. The molecule has 4 rings (SSSR count). The highest BCUT2D eigenvalue weighted by atomic mass is 79.9. The molecule has 2 aromatic heterocycles. The van der Waals surface area contributed by atoms with Crippen LogP contribution in [0, 0.1) is 0 Å². The van der Waals surface area contributed by atoms with E-state index in [1.807, 2.05) is 12.1 Å². The van der Waals surface area contributed by atoms with Crippen molar-refractivity contribution in [1.29, 1.82) is 0 Å². The van der Waals surface area contributed by atoms with Gasteiger partial charge in [0.1, 0.15) is 16.9 Å². The van der Waals surface area contributed by atoms with Crippen molar-refractivity contribution in [2.45, 2.75) is 26.4 Å². The summed E-state index contributed by atoms with van der Waals surface area (Å²) in [7, 11) is 0. The fourth-order valence-electron chi connectivity index (χ4n) is 3.48. The van der Waals surface area contributed by atoms with Crippen molar-refractivity contribution in [3.63, 3.8) is 0 Å². The molecule has 0 aliphatic rings. The fraction of sp³-hybridized carbons (Fsp3) is 0.160. The van der Waals surface area contributed by atoms with Crippen LogP contribution in [0.5, 0.6) is 0 Å². The molecule has 0 bridgehead atoms. The van der Waals surface area contributed by atoms with Gasteiger partial charge in [-0.05, 0) is 72.6 Å². The Morgan fingerprint density at radius 1 is 1.09 bits per heavy atom. The number of benzene rings is 2. The maximum atomic E-state index is 13.6. The predicted octanol–water partition coefficient (Wildman–Crippen LogP) is 7.41. The topological polar surface area (TPSA) is 74.3 Å². The van der Waals surface area contributed by atoms with Crippen LogP contribution in [0.1, 0.15) is 36.7 Å². The summed E-state index contributed by atoms with van der Waals surface area (Å²) in [5.41, 5.74) is 1.63. The largest absolute Gasteiger partial charge is 0.457 e. The summed E-state index contributed by atoms with van der Waals surface area (Å²) >= 11 is 16.0. The zero-order chi connectivity index (χ0) is 24.6. The summed E-state index contributed by atoms with van der Waals surface area (Å²) in [4.78, 5) is 25.7. The van der Waals surface area contributed by atoms with E-state index in [2.05, 4.69) is 21.1 Å². The lowest BCUT2D eigenvalue weighted by molar-refractivity contribution is -0.148. The number of esters is 1. The highest BCUT2D eigenvalue weighted by Crippen LogP contribution is 2.39. The Morgan fingerprint density at radius 2 is 1.76 bits per heavy atom. The monoisotopic (exact) mass is 560 g/mol. The summed E-state index contributed by atoms with van der Waals surface area (Å²) in [6, 6.07) is 12.3. The average molecular weight is 562 g/mol. The summed E-state index contributed by atoms with van der Waals surface area (Å²) in [6.07, 6.45) is 4.68. The van der Waals surface area contributed by atoms with Gasteiger partial charge in [-0.3, -0.25) is 9.36 Å². The molecule has 0 fully saturated rings. The van der Waals surface area contributed by atoms with Crippen LogP contribution in [0.2, 0.25) is 10.0 Å². The van der Waals surface area contributed by atoms with Gasteiger partial charge >= 0.3 is 5.97 Å². The molecule has 0 spiro atoms. The molecule has 0 aliphatic heterocycles. The molecule has 0 saturated heterocycles. The zero-order valence-corrected chi connectivity index (χ0v) is 21.5. The van der Waals surface area contributed by atoms with Crippen LogP contribution < -0.4 is 0 Å². The van der Waals surface area contributed by atoms with Crippen LogP contribution in [0.15, 0.2) is 63.9 Å². The number of carbonyl (C=O) groups is 2. The molecule has 9 heteroatoms. The molecule has 2 aromatic carbocycles. The Bertz CT molecular complexity index is 1430. The van der Waals surface area contributed by atoms with Crippen molar-refractivity contribution in [3.8, 4) is 11.3 Å². The number of halogens is 3. The number of ether oxygens (including phenoxy) is 1. The van der Waals surface area contributed by atoms with Gasteiger partial charge < -0.3 is 9.26 Å². The maximum absolute atomic E-state index is 13.6. The van der Waals surface area contributed by atoms with E-state index in [1.165, 1.54) is 10.6 Å². The molecule has 0 aliphatic carbocycles. The van der Waals surface area contributed by atoms with Gasteiger partial charge in [-0.2, -0.15) is 0 Å². The van der Waals surface area contributed by atoms with Gasteiger partial charge in [0.2, 0.25) is 4.67 Å². The van der Waals surface area contributed by atoms with E-state index in [4.69, 9.17) is 32.5 Å². The SMILES string of the molecule is CC(C)(C)OC(=O)/C=C/c1cccc2c1ccn2C(=O)c1c(-c2c(Cl)cccc2Cl)noc1Br. The Morgan fingerprint density at radius 3 is 2.44 bits per heavy atom. The molecule has 34 heavy (non-hydrogen) atoms. The van der Waals surface area contributed by atoms with Gasteiger partial charge in [0.25, 0.3) is 5.91 Å². The highest BCUT2D eigenvalue weighted by molar-refractivity contribution is 9.10. The van der Waals surface area contributed by atoms with Gasteiger partial charge in [0.15, 0.2) is 0 Å². The Labute approximate surface area is 214 Å². The van der Waals surface area contributed by atoms with E-state index in [1.54, 1.807) is 63.4 Å². The van der Waals surface area contributed by atoms with Gasteiger partial charge in [-0.1, -0.05) is 46.6 Å². The highest BCUT2D eigenvalue weighted by Gasteiger charge is 2.27. The Hall–Kier alpha value is -2.87. The molecular weight excluding hydrogens is 543 g/mol. The summed E-state index contributed by atoms with van der Waals surface area (Å²) in [5, 5.41) is 5.49. The van der Waals surface area contributed by atoms with E-state index in [9.17, 15) is 9.59 Å². The lowest BCUT2D eigenvalue weighted by atomic mass is 10.1. The second-order valence-electron chi connectivity index (χ2n) is 8.41. The van der Waals surface area contributed by atoms with E-state index in [0.717, 1.165) is 10.9 Å². The number of hydrogen-bond acceptors (Lipinski definition) is 5. The quantitative estimate of drug-likeness (QED) is 0.191. The molecule has 0 unspecified atom stereocenters. The molecule has 4 aromatic rings. The van der Waals surface area contributed by atoms with E-state index in [-0.39, 0.29) is 21.8 Å². The predicted molar refractivity (Wildman–Crippen MR) is 136 cm³/mol. The average Bonchev–Trinajstić information content (AvgIpc) is 3.35. The normalized spacial score (nSPS) is 11.9. The van der Waals surface area contributed by atoms with Crippen molar-refractivity contribution < 1.29 is 18.8 Å². The first-order valence-electron chi connectivity index (χ1n) is 10.2. The van der Waals surface area contributed by atoms with Gasteiger partial charge in [0, 0.05) is 23.2 Å². The van der Waals surface area contributed by atoms with Gasteiger partial charge in [0.05, 0.1) is 15.6 Å². The van der Waals surface area contributed by atoms with Crippen LogP contribution in [0.25, 0.3) is 28.2 Å². The molecule has 0 atom stereocenters. The summed E-state index contributed by atoms with van der Waals surface area (Å²) in [6.45, 7) is 5.41. The van der Waals surface area contributed by atoms with Crippen molar-refractivity contribution in [1.82, 2.24) is 9.72 Å². The molecule has 6 nitrogen and oxygen atoms in total. The molecule has 0 amide bonds. The van der Waals surface area contributed by atoms with Crippen LogP contribution in [-0.4, -0.2) is 27.2 Å². The molecule has 0 radical (unpaired) electrons. The van der Waals surface area contributed by atoms with Gasteiger partial charge in [-0.25, -0.2) is 4.79 Å². The molecular formula is C25H19BrCl2N2O4. The number of aromatic nitrogens is 2. The minimum Gasteiger partial charge on any atom is -0.457 e. The Kier molecular flexibility index (Phi) is 6.71. The lowest BCUT2D eigenvalue weighted by Crippen LogP contribution is -2.22.